The molecule has 0 N–H and O–H groups in total. The Bertz CT molecular complexity index is 392. The van der Waals surface area contributed by atoms with Crippen molar-refractivity contribution < 1.29 is 4.79 Å². The summed E-state index contributed by atoms with van der Waals surface area (Å²) in [4.78, 5) is 13.4. The van der Waals surface area contributed by atoms with Crippen molar-refractivity contribution in [1.82, 2.24) is 4.90 Å². The number of carbonyl (C=O) groups excluding carboxylic acids is 1. The van der Waals surface area contributed by atoms with Gasteiger partial charge in [-0.15, -0.1) is 0 Å². The second-order valence-corrected chi connectivity index (χ2v) is 12.3. The maximum Gasteiger partial charge on any atom is 0.120 e. The topological polar surface area (TPSA) is 20.3 Å². The van der Waals surface area contributed by atoms with Crippen LogP contribution >= 0.6 is 0 Å². The molecule has 0 atom stereocenters. The van der Waals surface area contributed by atoms with Crippen LogP contribution in [0.5, 0.6) is 0 Å². The van der Waals surface area contributed by atoms with Crippen molar-refractivity contribution in [2.45, 2.75) is 206 Å². The molecule has 0 saturated carbocycles. The summed E-state index contributed by atoms with van der Waals surface area (Å²) in [5.74, 6) is 0. The van der Waals surface area contributed by atoms with Crippen LogP contribution in [-0.4, -0.2) is 30.8 Å². The van der Waals surface area contributed by atoms with E-state index in [0.29, 0.717) is 0 Å². The summed E-state index contributed by atoms with van der Waals surface area (Å²) >= 11 is 0. The van der Waals surface area contributed by atoms with Gasteiger partial charge in [-0.2, -0.15) is 0 Å². The maximum absolute atomic E-state index is 10.8. The monoisotopic (exact) mass is 536 g/mol. The third kappa shape index (κ3) is 31.8. The van der Waals surface area contributed by atoms with E-state index in [1.54, 1.807) is 0 Å². The molecule has 0 aromatic carbocycles. The Labute approximate surface area is 241 Å². The maximum atomic E-state index is 10.8. The van der Waals surface area contributed by atoms with Crippen molar-refractivity contribution in [3.63, 3.8) is 0 Å². The quantitative estimate of drug-likeness (QED) is 0.0603. The molecule has 0 spiro atoms. The van der Waals surface area contributed by atoms with Crippen LogP contribution in [0.1, 0.15) is 206 Å². The molecular weight excluding hydrogens is 462 g/mol. The number of nitrogens with zero attached hydrogens (tertiary/aromatic N) is 1. The van der Waals surface area contributed by atoms with E-state index in [1.807, 2.05) is 0 Å². The van der Waals surface area contributed by atoms with Crippen molar-refractivity contribution in [2.75, 3.05) is 19.6 Å². The molecule has 0 aromatic heterocycles. The van der Waals surface area contributed by atoms with E-state index in [0.717, 1.165) is 25.7 Å². The van der Waals surface area contributed by atoms with Crippen molar-refractivity contribution in [3.8, 4) is 0 Å². The van der Waals surface area contributed by atoms with E-state index in [2.05, 4.69) is 18.7 Å². The van der Waals surface area contributed by atoms with Gasteiger partial charge in [0.15, 0.2) is 0 Å². The lowest BCUT2D eigenvalue weighted by molar-refractivity contribution is -0.108. The fourth-order valence-corrected chi connectivity index (χ4v) is 5.79. The van der Waals surface area contributed by atoms with Crippen molar-refractivity contribution in [2.24, 2.45) is 0 Å². The second-order valence-electron chi connectivity index (χ2n) is 12.3. The van der Waals surface area contributed by atoms with Gasteiger partial charge in [-0.1, -0.05) is 181 Å². The zero-order chi connectivity index (χ0) is 27.6. The molecule has 228 valence electrons. The van der Waals surface area contributed by atoms with Gasteiger partial charge in [0.2, 0.25) is 0 Å². The SMILES string of the molecule is CCCCCCCCCCCCCCCCN(CCCC=O)CCCCCCCCCCCCCCCC. The highest BCUT2D eigenvalue weighted by Gasteiger charge is 2.05. The Hall–Kier alpha value is -0.370. The predicted molar refractivity (Wildman–Crippen MR) is 172 cm³/mol. The largest absolute Gasteiger partial charge is 0.303 e. The third-order valence-corrected chi connectivity index (χ3v) is 8.45. The van der Waals surface area contributed by atoms with Gasteiger partial charge >= 0.3 is 0 Å². The highest BCUT2D eigenvalue weighted by molar-refractivity contribution is 5.48. The van der Waals surface area contributed by atoms with Crippen LogP contribution in [0.4, 0.5) is 0 Å². The van der Waals surface area contributed by atoms with E-state index < -0.39 is 0 Å². The molecule has 0 unspecified atom stereocenters. The molecular formula is C36H73NO. The van der Waals surface area contributed by atoms with E-state index in [4.69, 9.17) is 0 Å². The molecule has 0 fully saturated rings. The van der Waals surface area contributed by atoms with E-state index in [1.165, 1.54) is 193 Å². The Morgan fingerprint density at radius 2 is 0.579 bits per heavy atom. The summed E-state index contributed by atoms with van der Waals surface area (Å²) in [6, 6.07) is 0. The van der Waals surface area contributed by atoms with Gasteiger partial charge in [0.1, 0.15) is 6.29 Å². The molecule has 0 rings (SSSR count). The minimum Gasteiger partial charge on any atom is -0.303 e. The van der Waals surface area contributed by atoms with Crippen molar-refractivity contribution >= 4 is 6.29 Å². The van der Waals surface area contributed by atoms with Gasteiger partial charge in [-0.25, -0.2) is 0 Å². The van der Waals surface area contributed by atoms with Gasteiger partial charge in [0, 0.05) is 6.42 Å². The first-order valence-corrected chi connectivity index (χ1v) is 18.0. The summed E-state index contributed by atoms with van der Waals surface area (Å²) < 4.78 is 0. The Morgan fingerprint density at radius 1 is 0.342 bits per heavy atom. The molecule has 2 heteroatoms. The van der Waals surface area contributed by atoms with Gasteiger partial charge in [0.05, 0.1) is 0 Å². The predicted octanol–water partition coefficient (Wildman–Crippen LogP) is 12.2. The van der Waals surface area contributed by atoms with E-state index in [-0.39, 0.29) is 0 Å². The summed E-state index contributed by atoms with van der Waals surface area (Å²) in [5.41, 5.74) is 0. The lowest BCUT2D eigenvalue weighted by atomic mass is 10.0. The molecule has 38 heavy (non-hydrogen) atoms. The zero-order valence-electron chi connectivity index (χ0n) is 26.8. The summed E-state index contributed by atoms with van der Waals surface area (Å²) in [6.45, 7) is 8.21. The number of hydrogen-bond donors (Lipinski definition) is 0. The molecule has 0 amide bonds. The average molecular weight is 536 g/mol. The molecule has 0 aliphatic heterocycles. The molecule has 2 nitrogen and oxygen atoms in total. The summed E-state index contributed by atoms with van der Waals surface area (Å²) in [5, 5.41) is 0. The first kappa shape index (κ1) is 37.6. The molecule has 0 saturated heterocycles. The molecule has 0 aliphatic carbocycles. The highest BCUT2D eigenvalue weighted by atomic mass is 16.1. The lowest BCUT2D eigenvalue weighted by Crippen LogP contribution is -2.27. The zero-order valence-corrected chi connectivity index (χ0v) is 26.8. The minimum absolute atomic E-state index is 0.730. The molecule has 0 heterocycles. The van der Waals surface area contributed by atoms with E-state index >= 15 is 0 Å². The van der Waals surface area contributed by atoms with Crippen molar-refractivity contribution in [1.29, 1.82) is 0 Å². The van der Waals surface area contributed by atoms with Crippen LogP contribution in [0.25, 0.3) is 0 Å². The van der Waals surface area contributed by atoms with E-state index in [9.17, 15) is 4.79 Å². The molecule has 0 aliphatic rings. The first-order chi connectivity index (χ1) is 18.8. The second kappa shape index (κ2) is 34.7. The average Bonchev–Trinajstić information content (AvgIpc) is 2.93. The number of aldehydes is 1. The van der Waals surface area contributed by atoms with Crippen LogP contribution < -0.4 is 0 Å². The van der Waals surface area contributed by atoms with Crippen LogP contribution in [0.2, 0.25) is 0 Å². The summed E-state index contributed by atoms with van der Waals surface area (Å²) in [6.07, 6.45) is 42.9. The Morgan fingerprint density at radius 3 is 0.842 bits per heavy atom. The lowest BCUT2D eigenvalue weighted by Gasteiger charge is -2.22. The molecule has 0 aromatic rings. The number of unbranched alkanes of at least 4 members (excludes halogenated alkanes) is 27. The van der Waals surface area contributed by atoms with Crippen LogP contribution in [0, 0.1) is 0 Å². The van der Waals surface area contributed by atoms with Crippen LogP contribution in [0.15, 0.2) is 0 Å². The number of carbonyl (C=O) groups is 1. The number of rotatable bonds is 34. The van der Waals surface area contributed by atoms with Gasteiger partial charge in [-0.3, -0.25) is 0 Å². The van der Waals surface area contributed by atoms with Crippen LogP contribution in [-0.2, 0) is 4.79 Å². The molecule has 0 radical (unpaired) electrons. The molecule has 0 bridgehead atoms. The Balaban J connectivity index is 3.56. The van der Waals surface area contributed by atoms with Crippen molar-refractivity contribution in [3.05, 3.63) is 0 Å². The number of hydrogen-bond acceptors (Lipinski definition) is 2. The highest BCUT2D eigenvalue weighted by Crippen LogP contribution is 2.15. The summed E-state index contributed by atoms with van der Waals surface area (Å²) in [7, 11) is 0. The van der Waals surface area contributed by atoms with Gasteiger partial charge < -0.3 is 9.69 Å². The van der Waals surface area contributed by atoms with Gasteiger partial charge in [-0.05, 0) is 38.9 Å². The fourth-order valence-electron chi connectivity index (χ4n) is 5.79. The fraction of sp³-hybridized carbons (Fsp3) is 0.972. The standard InChI is InChI=1S/C36H73NO/c1-3-5-7-9-11-13-15-17-19-21-23-25-27-29-33-37(35-31-32-36-38)34-30-28-26-24-22-20-18-16-14-12-10-8-6-4-2/h36H,3-35H2,1-2H3. The van der Waals surface area contributed by atoms with Gasteiger partial charge in [0.25, 0.3) is 0 Å². The Kier molecular flexibility index (Phi) is 34.3. The smallest absolute Gasteiger partial charge is 0.120 e. The third-order valence-electron chi connectivity index (χ3n) is 8.45. The minimum atomic E-state index is 0.730. The van der Waals surface area contributed by atoms with Crippen LogP contribution in [0.3, 0.4) is 0 Å². The first-order valence-electron chi connectivity index (χ1n) is 18.0. The normalized spacial score (nSPS) is 11.6.